The van der Waals surface area contributed by atoms with E-state index < -0.39 is 8.07 Å². The monoisotopic (exact) mass is 436 g/mol. The molecule has 3 heterocycles. The molecule has 0 aliphatic carbocycles. The molecule has 0 unspecified atom stereocenters. The first-order valence-electron chi connectivity index (χ1n) is 10.7. The first-order chi connectivity index (χ1) is 15.4. The van der Waals surface area contributed by atoms with E-state index in [0.29, 0.717) is 5.76 Å². The molecule has 0 saturated carbocycles. The van der Waals surface area contributed by atoms with Gasteiger partial charge in [0.25, 0.3) is 0 Å². The van der Waals surface area contributed by atoms with E-state index in [4.69, 9.17) is 9.41 Å². The van der Waals surface area contributed by atoms with E-state index in [1.807, 2.05) is 24.5 Å². The Morgan fingerprint density at radius 3 is 2.59 bits per heavy atom. The van der Waals surface area contributed by atoms with E-state index in [1.165, 1.54) is 6.39 Å². The van der Waals surface area contributed by atoms with Crippen molar-refractivity contribution in [3.63, 3.8) is 0 Å². The molecule has 0 amide bonds. The average molecular weight is 437 g/mol. The quantitative estimate of drug-likeness (QED) is 0.301. The third kappa shape index (κ3) is 3.72. The summed E-state index contributed by atoms with van der Waals surface area (Å²) in [4.78, 5) is 13.9. The Balaban J connectivity index is 1.76. The van der Waals surface area contributed by atoms with Crippen molar-refractivity contribution in [2.45, 2.75) is 32.6 Å². The first-order valence-corrected chi connectivity index (χ1v) is 14.2. The van der Waals surface area contributed by atoms with Crippen LogP contribution in [0.4, 0.5) is 0 Å². The van der Waals surface area contributed by atoms with Gasteiger partial charge in [0.1, 0.15) is 20.1 Å². The lowest BCUT2D eigenvalue weighted by atomic mass is 9.98. The van der Waals surface area contributed by atoms with Crippen LogP contribution in [0.3, 0.4) is 0 Å². The maximum atomic E-state index is 5.57. The molecule has 0 fully saturated rings. The zero-order chi connectivity index (χ0) is 22.3. The van der Waals surface area contributed by atoms with Crippen molar-refractivity contribution >= 4 is 13.8 Å². The Kier molecular flexibility index (Phi) is 4.91. The SMILES string of the molecule is C[C@@H]1N=C(c2ccccc2)c2cc(C#C[Si](C)(C)C)ccc2-n2cnc(-c3cnco3)c21. The maximum absolute atomic E-state index is 5.57. The van der Waals surface area contributed by atoms with Crippen LogP contribution in [0.1, 0.15) is 35.3 Å². The Labute approximate surface area is 188 Å². The zero-order valence-electron chi connectivity index (χ0n) is 18.6. The summed E-state index contributed by atoms with van der Waals surface area (Å²) in [6.45, 7) is 8.86. The van der Waals surface area contributed by atoms with Gasteiger partial charge in [-0.15, -0.1) is 5.54 Å². The lowest BCUT2D eigenvalue weighted by molar-refractivity contribution is 0.568. The Bertz CT molecular complexity index is 1370. The number of nitrogens with zero attached hydrogens (tertiary/aromatic N) is 4. The van der Waals surface area contributed by atoms with E-state index in [-0.39, 0.29) is 6.04 Å². The Morgan fingerprint density at radius 1 is 1.06 bits per heavy atom. The van der Waals surface area contributed by atoms with Gasteiger partial charge in [-0.25, -0.2) is 9.97 Å². The van der Waals surface area contributed by atoms with Gasteiger partial charge in [0.05, 0.1) is 29.3 Å². The predicted molar refractivity (Wildman–Crippen MR) is 130 cm³/mol. The fourth-order valence-corrected chi connectivity index (χ4v) is 4.41. The summed E-state index contributed by atoms with van der Waals surface area (Å²) in [5.74, 6) is 4.04. The van der Waals surface area contributed by atoms with Gasteiger partial charge in [0.2, 0.25) is 0 Å². The summed E-state index contributed by atoms with van der Waals surface area (Å²) in [5, 5.41) is 0. The van der Waals surface area contributed by atoms with Crippen LogP contribution in [-0.4, -0.2) is 28.3 Å². The van der Waals surface area contributed by atoms with Crippen molar-refractivity contribution in [2.24, 2.45) is 4.99 Å². The second-order valence-corrected chi connectivity index (χ2v) is 13.7. The van der Waals surface area contributed by atoms with Crippen molar-refractivity contribution in [3.8, 4) is 28.6 Å². The molecule has 1 atom stereocenters. The fraction of sp³-hybridized carbons (Fsp3) is 0.192. The fourth-order valence-electron chi connectivity index (χ4n) is 3.90. The molecular weight excluding hydrogens is 412 g/mol. The topological polar surface area (TPSA) is 56.2 Å². The lowest BCUT2D eigenvalue weighted by Gasteiger charge is -2.13. The molecule has 32 heavy (non-hydrogen) atoms. The second-order valence-electron chi connectivity index (χ2n) is 8.97. The summed E-state index contributed by atoms with van der Waals surface area (Å²) < 4.78 is 7.68. The molecule has 0 spiro atoms. The summed E-state index contributed by atoms with van der Waals surface area (Å²) >= 11 is 0. The van der Waals surface area contributed by atoms with Gasteiger partial charge >= 0.3 is 0 Å². The third-order valence-electron chi connectivity index (χ3n) is 5.33. The van der Waals surface area contributed by atoms with E-state index in [9.17, 15) is 0 Å². The van der Waals surface area contributed by atoms with E-state index in [0.717, 1.165) is 39.5 Å². The smallest absolute Gasteiger partial charge is 0.181 e. The van der Waals surface area contributed by atoms with Crippen LogP contribution in [0.5, 0.6) is 0 Å². The number of benzene rings is 2. The third-order valence-corrected chi connectivity index (χ3v) is 6.20. The summed E-state index contributed by atoms with van der Waals surface area (Å²) in [6.07, 6.45) is 4.97. The van der Waals surface area contributed by atoms with Gasteiger partial charge in [0.15, 0.2) is 12.2 Å². The van der Waals surface area contributed by atoms with E-state index in [1.54, 1.807) is 6.20 Å². The molecule has 0 N–H and O–H groups in total. The summed E-state index contributed by atoms with van der Waals surface area (Å²) in [5.41, 5.74) is 10.3. The van der Waals surface area contributed by atoms with Crippen LogP contribution in [0.15, 0.2) is 76.9 Å². The van der Waals surface area contributed by atoms with Crippen molar-refractivity contribution in [1.29, 1.82) is 0 Å². The van der Waals surface area contributed by atoms with Crippen molar-refractivity contribution in [2.75, 3.05) is 0 Å². The maximum Gasteiger partial charge on any atom is 0.181 e. The van der Waals surface area contributed by atoms with Crippen molar-refractivity contribution < 1.29 is 4.42 Å². The molecule has 1 aliphatic heterocycles. The minimum atomic E-state index is -1.49. The summed E-state index contributed by atoms with van der Waals surface area (Å²) in [7, 11) is -1.49. The molecular formula is C26H24N4OSi. The summed E-state index contributed by atoms with van der Waals surface area (Å²) in [6, 6.07) is 16.6. The second kappa shape index (κ2) is 7.77. The average Bonchev–Trinajstić information content (AvgIpc) is 3.43. The Hall–Kier alpha value is -3.69. The normalized spacial score (nSPS) is 15.1. The lowest BCUT2D eigenvalue weighted by Crippen LogP contribution is -2.16. The van der Waals surface area contributed by atoms with Gasteiger partial charge in [0, 0.05) is 16.7 Å². The molecule has 0 bridgehead atoms. The largest absolute Gasteiger partial charge is 0.442 e. The molecule has 2 aromatic carbocycles. The Morgan fingerprint density at radius 2 is 1.88 bits per heavy atom. The molecule has 5 nitrogen and oxygen atoms in total. The number of hydrogen-bond donors (Lipinski definition) is 0. The highest BCUT2D eigenvalue weighted by atomic mass is 28.3. The van der Waals surface area contributed by atoms with Crippen molar-refractivity contribution in [3.05, 3.63) is 89.8 Å². The van der Waals surface area contributed by atoms with Crippen LogP contribution in [0, 0.1) is 11.5 Å². The molecule has 5 rings (SSSR count). The molecule has 0 saturated heterocycles. The number of aromatic nitrogens is 3. The molecule has 6 heteroatoms. The van der Waals surface area contributed by atoms with Gasteiger partial charge < -0.3 is 4.42 Å². The first kappa shape index (κ1) is 20.2. The van der Waals surface area contributed by atoms with Gasteiger partial charge in [-0.3, -0.25) is 9.56 Å². The van der Waals surface area contributed by atoms with E-state index >= 15 is 0 Å². The van der Waals surface area contributed by atoms with Crippen LogP contribution < -0.4 is 0 Å². The number of aliphatic imine (C=N–C) groups is 1. The van der Waals surface area contributed by atoms with Gasteiger partial charge in [-0.1, -0.05) is 55.9 Å². The van der Waals surface area contributed by atoms with Crippen LogP contribution in [0.25, 0.3) is 17.1 Å². The van der Waals surface area contributed by atoms with Gasteiger partial charge in [-0.2, -0.15) is 0 Å². The molecule has 158 valence electrons. The standard InChI is InChI=1S/C26H24N4OSi/c1-18-26-25(23-15-27-17-31-23)28-16-30(26)22-11-10-19(12-13-32(2,3)4)14-21(22)24(29-18)20-8-6-5-7-9-20/h5-11,14-18H,1-4H3/t18-/m0/s1. The molecule has 1 aliphatic rings. The van der Waals surface area contributed by atoms with E-state index in [2.05, 4.69) is 82.9 Å². The highest BCUT2D eigenvalue weighted by Crippen LogP contribution is 2.36. The highest BCUT2D eigenvalue weighted by molar-refractivity contribution is 6.83. The molecule has 0 radical (unpaired) electrons. The predicted octanol–water partition coefficient (Wildman–Crippen LogP) is 5.67. The number of hydrogen-bond acceptors (Lipinski definition) is 4. The minimum absolute atomic E-state index is 0.128. The number of rotatable bonds is 2. The van der Waals surface area contributed by atoms with Crippen molar-refractivity contribution in [1.82, 2.24) is 14.5 Å². The number of fused-ring (bicyclic) bond motifs is 3. The number of imidazole rings is 1. The minimum Gasteiger partial charge on any atom is -0.442 e. The molecule has 4 aromatic rings. The molecule has 2 aromatic heterocycles. The van der Waals surface area contributed by atoms with Crippen LogP contribution in [-0.2, 0) is 0 Å². The number of oxazole rings is 1. The van der Waals surface area contributed by atoms with Crippen LogP contribution >= 0.6 is 0 Å². The van der Waals surface area contributed by atoms with Crippen LogP contribution in [0.2, 0.25) is 19.6 Å². The zero-order valence-corrected chi connectivity index (χ0v) is 19.6. The highest BCUT2D eigenvalue weighted by Gasteiger charge is 2.27. The van der Waals surface area contributed by atoms with Gasteiger partial charge in [-0.05, 0) is 25.1 Å².